The first-order valence-electron chi connectivity index (χ1n) is 6.11. The van der Waals surface area contributed by atoms with Gasteiger partial charge in [-0.3, -0.25) is 4.79 Å². The Kier molecular flexibility index (Phi) is 4.48. The summed E-state index contributed by atoms with van der Waals surface area (Å²) >= 11 is 3.20. The summed E-state index contributed by atoms with van der Waals surface area (Å²) in [6.45, 7) is 3.93. The van der Waals surface area contributed by atoms with Crippen molar-refractivity contribution in [3.8, 4) is 0 Å². The molecule has 1 fully saturated rings. The van der Waals surface area contributed by atoms with Gasteiger partial charge in [0.15, 0.2) is 0 Å². The minimum atomic E-state index is -3.86. The van der Waals surface area contributed by atoms with E-state index in [4.69, 9.17) is 5.14 Å². The Bertz CT molecular complexity index is 642. The molecule has 0 unspecified atom stereocenters. The number of carbonyl (C=O) groups excluding carboxylic acids is 1. The van der Waals surface area contributed by atoms with E-state index in [9.17, 15) is 13.2 Å². The SMILES string of the molecule is Cc1c(C(=O)NCC2CNC2)cc(Br)cc1S(N)(=O)=O. The highest BCUT2D eigenvalue weighted by Crippen LogP contribution is 2.24. The summed E-state index contributed by atoms with van der Waals surface area (Å²) in [5, 5.41) is 11.1. The molecule has 110 valence electrons. The van der Waals surface area contributed by atoms with Crippen LogP contribution in [-0.2, 0) is 10.0 Å². The molecule has 6 nitrogen and oxygen atoms in total. The van der Waals surface area contributed by atoms with Crippen molar-refractivity contribution >= 4 is 31.9 Å². The Balaban J connectivity index is 2.26. The summed E-state index contributed by atoms with van der Waals surface area (Å²) in [6, 6.07) is 3.00. The standard InChI is InChI=1S/C12H16BrN3O3S/c1-7-10(12(17)16-6-8-4-15-5-8)2-9(13)3-11(7)20(14,18)19/h2-3,8,15H,4-6H2,1H3,(H,16,17)(H2,14,18,19). The summed E-state index contributed by atoms with van der Waals surface area (Å²) in [5.41, 5.74) is 0.676. The van der Waals surface area contributed by atoms with E-state index in [0.29, 0.717) is 28.1 Å². The first-order chi connectivity index (χ1) is 9.29. The van der Waals surface area contributed by atoms with E-state index in [1.807, 2.05) is 0 Å². The third-order valence-corrected chi connectivity index (χ3v) is 4.79. The van der Waals surface area contributed by atoms with Gasteiger partial charge in [0, 0.05) is 35.6 Å². The molecule has 2 rings (SSSR count). The Labute approximate surface area is 126 Å². The van der Waals surface area contributed by atoms with Gasteiger partial charge >= 0.3 is 0 Å². The number of hydrogen-bond donors (Lipinski definition) is 3. The Hall–Kier alpha value is -0.960. The van der Waals surface area contributed by atoms with Gasteiger partial charge in [0.2, 0.25) is 10.0 Å². The van der Waals surface area contributed by atoms with Gasteiger partial charge in [0.1, 0.15) is 0 Å². The van der Waals surface area contributed by atoms with E-state index in [2.05, 4.69) is 26.6 Å². The monoisotopic (exact) mass is 361 g/mol. The molecule has 1 aliphatic heterocycles. The number of nitrogens with two attached hydrogens (primary N) is 1. The zero-order chi connectivity index (χ0) is 14.9. The van der Waals surface area contributed by atoms with E-state index < -0.39 is 10.0 Å². The number of nitrogens with one attached hydrogen (secondary N) is 2. The average Bonchev–Trinajstić information content (AvgIpc) is 2.28. The molecule has 4 N–H and O–H groups in total. The minimum Gasteiger partial charge on any atom is -0.352 e. The molecule has 0 spiro atoms. The fraction of sp³-hybridized carbons (Fsp3) is 0.417. The van der Waals surface area contributed by atoms with Gasteiger partial charge in [-0.15, -0.1) is 0 Å². The molecule has 1 amide bonds. The fourth-order valence-electron chi connectivity index (χ4n) is 2.01. The summed E-state index contributed by atoms with van der Waals surface area (Å²) in [6.07, 6.45) is 0. The second kappa shape index (κ2) is 5.80. The van der Waals surface area contributed by atoms with Crippen LogP contribution in [0.15, 0.2) is 21.5 Å². The lowest BCUT2D eigenvalue weighted by Crippen LogP contribution is -2.48. The molecule has 0 atom stereocenters. The van der Waals surface area contributed by atoms with Crippen LogP contribution >= 0.6 is 15.9 Å². The lowest BCUT2D eigenvalue weighted by Gasteiger charge is -2.27. The van der Waals surface area contributed by atoms with Crippen LogP contribution in [0.3, 0.4) is 0 Å². The van der Waals surface area contributed by atoms with Crippen molar-refractivity contribution in [2.45, 2.75) is 11.8 Å². The summed E-state index contributed by atoms with van der Waals surface area (Å²) < 4.78 is 23.5. The molecular formula is C12H16BrN3O3S. The zero-order valence-electron chi connectivity index (χ0n) is 10.9. The molecule has 1 aromatic rings. The fourth-order valence-corrected chi connectivity index (χ4v) is 3.45. The van der Waals surface area contributed by atoms with Crippen molar-refractivity contribution in [2.75, 3.05) is 19.6 Å². The van der Waals surface area contributed by atoms with Crippen LogP contribution in [0.4, 0.5) is 0 Å². The van der Waals surface area contributed by atoms with E-state index in [1.54, 1.807) is 13.0 Å². The highest BCUT2D eigenvalue weighted by Gasteiger charge is 2.21. The van der Waals surface area contributed by atoms with Gasteiger partial charge in [0.25, 0.3) is 5.91 Å². The summed E-state index contributed by atoms with van der Waals surface area (Å²) in [5.74, 6) is 0.143. The van der Waals surface area contributed by atoms with Crippen LogP contribution in [0.5, 0.6) is 0 Å². The van der Waals surface area contributed by atoms with Gasteiger partial charge in [-0.2, -0.15) is 0 Å². The van der Waals surface area contributed by atoms with Crippen LogP contribution in [0.25, 0.3) is 0 Å². The lowest BCUT2D eigenvalue weighted by molar-refractivity contribution is 0.0941. The second-order valence-electron chi connectivity index (χ2n) is 4.86. The van der Waals surface area contributed by atoms with Crippen molar-refractivity contribution in [3.05, 3.63) is 27.7 Å². The van der Waals surface area contributed by atoms with E-state index in [0.717, 1.165) is 13.1 Å². The number of sulfonamides is 1. The van der Waals surface area contributed by atoms with Crippen molar-refractivity contribution < 1.29 is 13.2 Å². The average molecular weight is 362 g/mol. The third kappa shape index (κ3) is 3.38. The maximum absolute atomic E-state index is 12.2. The molecule has 0 radical (unpaired) electrons. The smallest absolute Gasteiger partial charge is 0.251 e. The van der Waals surface area contributed by atoms with Gasteiger partial charge in [-0.05, 0) is 24.6 Å². The van der Waals surface area contributed by atoms with Gasteiger partial charge in [-0.1, -0.05) is 15.9 Å². The lowest BCUT2D eigenvalue weighted by atomic mass is 10.0. The third-order valence-electron chi connectivity index (χ3n) is 3.29. The van der Waals surface area contributed by atoms with E-state index in [1.165, 1.54) is 6.07 Å². The number of halogens is 1. The van der Waals surface area contributed by atoms with Crippen molar-refractivity contribution in [3.63, 3.8) is 0 Å². The normalized spacial score (nSPS) is 15.8. The number of hydrogen-bond acceptors (Lipinski definition) is 4. The molecular weight excluding hydrogens is 346 g/mol. The second-order valence-corrected chi connectivity index (χ2v) is 7.30. The maximum atomic E-state index is 12.2. The van der Waals surface area contributed by atoms with Gasteiger partial charge in [0.05, 0.1) is 4.90 Å². The van der Waals surface area contributed by atoms with Crippen molar-refractivity contribution in [1.82, 2.24) is 10.6 Å². The summed E-state index contributed by atoms with van der Waals surface area (Å²) in [4.78, 5) is 12.1. The molecule has 1 saturated heterocycles. The molecule has 0 aromatic heterocycles. The van der Waals surface area contributed by atoms with E-state index >= 15 is 0 Å². The molecule has 1 aromatic carbocycles. The molecule has 8 heteroatoms. The highest BCUT2D eigenvalue weighted by molar-refractivity contribution is 9.10. The zero-order valence-corrected chi connectivity index (χ0v) is 13.3. The Morgan fingerprint density at radius 2 is 2.15 bits per heavy atom. The van der Waals surface area contributed by atoms with Crippen LogP contribution in [0, 0.1) is 12.8 Å². The van der Waals surface area contributed by atoms with Crippen LogP contribution < -0.4 is 15.8 Å². The van der Waals surface area contributed by atoms with E-state index in [-0.39, 0.29) is 10.8 Å². The largest absolute Gasteiger partial charge is 0.352 e. The topological polar surface area (TPSA) is 101 Å². The van der Waals surface area contributed by atoms with Crippen LogP contribution in [0.2, 0.25) is 0 Å². The maximum Gasteiger partial charge on any atom is 0.251 e. The number of amides is 1. The molecule has 0 bridgehead atoms. The number of carbonyl (C=O) groups is 1. The van der Waals surface area contributed by atoms with Crippen LogP contribution in [0.1, 0.15) is 15.9 Å². The van der Waals surface area contributed by atoms with Gasteiger partial charge in [-0.25, -0.2) is 13.6 Å². The Morgan fingerprint density at radius 3 is 2.65 bits per heavy atom. The molecule has 1 heterocycles. The Morgan fingerprint density at radius 1 is 1.50 bits per heavy atom. The highest BCUT2D eigenvalue weighted by atomic mass is 79.9. The quantitative estimate of drug-likeness (QED) is 0.720. The van der Waals surface area contributed by atoms with Crippen molar-refractivity contribution in [1.29, 1.82) is 0 Å². The molecule has 0 saturated carbocycles. The predicted molar refractivity (Wildman–Crippen MR) is 78.9 cm³/mol. The number of rotatable bonds is 4. The molecule has 1 aliphatic rings. The molecule has 20 heavy (non-hydrogen) atoms. The van der Waals surface area contributed by atoms with Crippen molar-refractivity contribution in [2.24, 2.45) is 11.1 Å². The first kappa shape index (κ1) is 15.4. The van der Waals surface area contributed by atoms with Gasteiger partial charge < -0.3 is 10.6 Å². The van der Waals surface area contributed by atoms with Crippen LogP contribution in [-0.4, -0.2) is 34.0 Å². The summed E-state index contributed by atoms with van der Waals surface area (Å²) in [7, 11) is -3.86. The minimum absolute atomic E-state index is 0.0395. The molecule has 0 aliphatic carbocycles. The number of primary sulfonamides is 1. The predicted octanol–water partition coefficient (Wildman–Crippen LogP) is 0.354. The first-order valence-corrected chi connectivity index (χ1v) is 8.45. The number of benzene rings is 1.